The maximum absolute atomic E-state index is 13.3. The standard InChI is InChI=1S/C20H21N3O2S3/c1-23(2)15-9-7-13(8-10-15)14-5-4-6-16(11-14)28(24,25)18-12-17(19(21)22)27-20(18)26-3/h4-12H,1-3H3,(H3,21,22). The van der Waals surface area contributed by atoms with Crippen molar-refractivity contribution in [1.29, 1.82) is 5.41 Å². The van der Waals surface area contributed by atoms with Crippen LogP contribution in [0.15, 0.2) is 68.6 Å². The fraction of sp³-hybridized carbons (Fsp3) is 0.150. The molecule has 3 rings (SSSR count). The first-order chi connectivity index (χ1) is 13.2. The number of hydrogen-bond donors (Lipinski definition) is 2. The fourth-order valence-electron chi connectivity index (χ4n) is 2.74. The molecule has 0 aliphatic carbocycles. The van der Waals surface area contributed by atoms with E-state index < -0.39 is 9.84 Å². The third-order valence-electron chi connectivity index (χ3n) is 4.27. The average Bonchev–Trinajstić information content (AvgIpc) is 3.14. The Hall–Kier alpha value is -2.29. The number of sulfone groups is 1. The molecular formula is C20H21N3O2S3. The Morgan fingerprint density at radius 1 is 1.07 bits per heavy atom. The van der Waals surface area contributed by atoms with E-state index in [0.29, 0.717) is 9.09 Å². The highest BCUT2D eigenvalue weighted by molar-refractivity contribution is 8.01. The summed E-state index contributed by atoms with van der Waals surface area (Å²) in [4.78, 5) is 2.90. The van der Waals surface area contributed by atoms with Crippen LogP contribution in [0, 0.1) is 5.41 Å². The van der Waals surface area contributed by atoms with Crippen LogP contribution < -0.4 is 10.6 Å². The van der Waals surface area contributed by atoms with Crippen molar-refractivity contribution in [1.82, 2.24) is 0 Å². The molecule has 2 aromatic carbocycles. The normalized spacial score (nSPS) is 11.4. The number of thiophene rings is 1. The summed E-state index contributed by atoms with van der Waals surface area (Å²) < 4.78 is 27.1. The second-order valence-corrected chi connectivity index (χ2v) is 10.4. The predicted octanol–water partition coefficient (Wildman–Crippen LogP) is 4.32. The lowest BCUT2D eigenvalue weighted by molar-refractivity contribution is 0.595. The van der Waals surface area contributed by atoms with Gasteiger partial charge in [0, 0.05) is 19.8 Å². The van der Waals surface area contributed by atoms with Gasteiger partial charge in [0.05, 0.1) is 18.9 Å². The number of amidine groups is 1. The molecule has 5 nitrogen and oxygen atoms in total. The van der Waals surface area contributed by atoms with E-state index in [1.807, 2.05) is 55.6 Å². The van der Waals surface area contributed by atoms with Gasteiger partial charge >= 0.3 is 0 Å². The van der Waals surface area contributed by atoms with Crippen molar-refractivity contribution >= 4 is 44.5 Å². The molecule has 0 spiro atoms. The average molecular weight is 432 g/mol. The van der Waals surface area contributed by atoms with E-state index >= 15 is 0 Å². The summed E-state index contributed by atoms with van der Waals surface area (Å²) in [6.07, 6.45) is 1.82. The number of hydrogen-bond acceptors (Lipinski definition) is 6. The minimum absolute atomic E-state index is 0.128. The third kappa shape index (κ3) is 3.94. The summed E-state index contributed by atoms with van der Waals surface area (Å²) in [5, 5.41) is 7.60. The minimum Gasteiger partial charge on any atom is -0.383 e. The van der Waals surface area contributed by atoms with Crippen LogP contribution in [0.4, 0.5) is 5.69 Å². The molecular weight excluding hydrogens is 410 g/mol. The molecule has 3 aromatic rings. The topological polar surface area (TPSA) is 87.2 Å². The number of nitrogens with one attached hydrogen (secondary N) is 1. The molecule has 28 heavy (non-hydrogen) atoms. The van der Waals surface area contributed by atoms with Crippen molar-refractivity contribution < 1.29 is 8.42 Å². The predicted molar refractivity (Wildman–Crippen MR) is 119 cm³/mol. The second-order valence-electron chi connectivity index (χ2n) is 6.35. The molecule has 0 saturated carbocycles. The molecule has 0 unspecified atom stereocenters. The first kappa shape index (κ1) is 20.4. The van der Waals surface area contributed by atoms with Crippen LogP contribution in [0.5, 0.6) is 0 Å². The van der Waals surface area contributed by atoms with Gasteiger partial charge in [-0.05, 0) is 47.7 Å². The Kier molecular flexibility index (Phi) is 5.83. The van der Waals surface area contributed by atoms with Crippen molar-refractivity contribution in [3.63, 3.8) is 0 Å². The van der Waals surface area contributed by atoms with E-state index in [1.54, 1.807) is 18.2 Å². The maximum Gasteiger partial charge on any atom is 0.208 e. The van der Waals surface area contributed by atoms with Crippen molar-refractivity contribution in [3.8, 4) is 11.1 Å². The van der Waals surface area contributed by atoms with E-state index in [2.05, 4.69) is 0 Å². The number of nitrogens with two attached hydrogens (primary N) is 1. The summed E-state index contributed by atoms with van der Waals surface area (Å²) in [6.45, 7) is 0. The quantitative estimate of drug-likeness (QED) is 0.345. The van der Waals surface area contributed by atoms with E-state index in [1.165, 1.54) is 29.2 Å². The molecule has 146 valence electrons. The highest BCUT2D eigenvalue weighted by Crippen LogP contribution is 2.37. The highest BCUT2D eigenvalue weighted by atomic mass is 32.2. The van der Waals surface area contributed by atoms with Gasteiger partial charge in [-0.15, -0.1) is 23.1 Å². The third-order valence-corrected chi connectivity index (χ3v) is 8.61. The summed E-state index contributed by atoms with van der Waals surface area (Å²) >= 11 is 2.57. The molecule has 1 heterocycles. The molecule has 0 saturated heterocycles. The fourth-order valence-corrected chi connectivity index (χ4v) is 6.64. The van der Waals surface area contributed by atoms with Gasteiger partial charge in [-0.2, -0.15) is 0 Å². The van der Waals surface area contributed by atoms with Gasteiger partial charge in [0.25, 0.3) is 0 Å². The number of rotatable bonds is 6. The number of nitrogen functional groups attached to an aromatic ring is 1. The van der Waals surface area contributed by atoms with Crippen LogP contribution in [0.1, 0.15) is 4.88 Å². The van der Waals surface area contributed by atoms with Crippen molar-refractivity contribution in [2.75, 3.05) is 25.3 Å². The Morgan fingerprint density at radius 2 is 1.75 bits per heavy atom. The van der Waals surface area contributed by atoms with Crippen LogP contribution in [-0.4, -0.2) is 34.6 Å². The molecule has 0 bridgehead atoms. The number of benzene rings is 2. The first-order valence-corrected chi connectivity index (χ1v) is 11.9. The van der Waals surface area contributed by atoms with Gasteiger partial charge in [0.15, 0.2) is 0 Å². The molecule has 3 N–H and O–H groups in total. The van der Waals surface area contributed by atoms with E-state index in [9.17, 15) is 8.42 Å². The van der Waals surface area contributed by atoms with Crippen molar-refractivity contribution in [3.05, 3.63) is 59.5 Å². The minimum atomic E-state index is -3.72. The molecule has 0 amide bonds. The zero-order chi connectivity index (χ0) is 20.5. The molecule has 8 heteroatoms. The van der Waals surface area contributed by atoms with Crippen LogP contribution in [0.25, 0.3) is 11.1 Å². The largest absolute Gasteiger partial charge is 0.383 e. The lowest BCUT2D eigenvalue weighted by Gasteiger charge is -2.13. The summed E-state index contributed by atoms with van der Waals surface area (Å²) in [5.41, 5.74) is 8.41. The lowest BCUT2D eigenvalue weighted by Crippen LogP contribution is -2.09. The van der Waals surface area contributed by atoms with Crippen LogP contribution in [-0.2, 0) is 9.84 Å². The highest BCUT2D eigenvalue weighted by Gasteiger charge is 2.25. The molecule has 0 aliphatic rings. The number of anilines is 1. The van der Waals surface area contributed by atoms with E-state index in [0.717, 1.165) is 16.8 Å². The number of nitrogens with zero attached hydrogens (tertiary/aromatic N) is 1. The van der Waals surface area contributed by atoms with Gasteiger partial charge < -0.3 is 10.6 Å². The molecule has 0 aliphatic heterocycles. The lowest BCUT2D eigenvalue weighted by atomic mass is 10.1. The summed E-state index contributed by atoms with van der Waals surface area (Å²) in [5.74, 6) is -0.128. The Balaban J connectivity index is 2.05. The Labute approximate surface area is 173 Å². The SMILES string of the molecule is CSc1sc(C(=N)N)cc1S(=O)(=O)c1cccc(-c2ccc(N(C)C)cc2)c1. The van der Waals surface area contributed by atoms with Gasteiger partial charge in [0.2, 0.25) is 9.84 Å². The zero-order valence-corrected chi connectivity index (χ0v) is 18.2. The van der Waals surface area contributed by atoms with Crippen molar-refractivity contribution in [2.45, 2.75) is 14.0 Å². The van der Waals surface area contributed by atoms with Gasteiger partial charge in [-0.3, -0.25) is 5.41 Å². The molecule has 0 fully saturated rings. The van der Waals surface area contributed by atoms with Crippen LogP contribution in [0.3, 0.4) is 0 Å². The summed E-state index contributed by atoms with van der Waals surface area (Å²) in [7, 11) is 0.230. The van der Waals surface area contributed by atoms with E-state index in [-0.39, 0.29) is 15.6 Å². The van der Waals surface area contributed by atoms with Gasteiger partial charge in [-0.1, -0.05) is 24.3 Å². The van der Waals surface area contributed by atoms with Crippen molar-refractivity contribution in [2.24, 2.45) is 5.73 Å². The van der Waals surface area contributed by atoms with Crippen LogP contribution >= 0.6 is 23.1 Å². The van der Waals surface area contributed by atoms with Gasteiger partial charge in [0.1, 0.15) is 5.84 Å². The smallest absolute Gasteiger partial charge is 0.208 e. The second kappa shape index (κ2) is 7.98. The molecule has 0 radical (unpaired) electrons. The summed E-state index contributed by atoms with van der Waals surface area (Å²) in [6, 6.07) is 16.4. The molecule has 0 atom stereocenters. The van der Waals surface area contributed by atoms with E-state index in [4.69, 9.17) is 11.1 Å². The monoisotopic (exact) mass is 431 g/mol. The maximum atomic E-state index is 13.3. The van der Waals surface area contributed by atoms with Crippen LogP contribution in [0.2, 0.25) is 0 Å². The first-order valence-electron chi connectivity index (χ1n) is 8.39. The number of thioether (sulfide) groups is 1. The molecule has 1 aromatic heterocycles. The Bertz CT molecular complexity index is 1120. The van der Waals surface area contributed by atoms with Gasteiger partial charge in [-0.25, -0.2) is 8.42 Å². The Morgan fingerprint density at radius 3 is 2.32 bits per heavy atom. The zero-order valence-electron chi connectivity index (χ0n) is 15.8.